The molecule has 1 N–H and O–H groups in total. The molecule has 23 heavy (non-hydrogen) atoms. The fourth-order valence-electron chi connectivity index (χ4n) is 2.24. The normalized spacial score (nSPS) is 10.7. The van der Waals surface area contributed by atoms with Crippen LogP contribution in [0.1, 0.15) is 12.6 Å². The Kier molecular flexibility index (Phi) is 4.18. The summed E-state index contributed by atoms with van der Waals surface area (Å²) in [5, 5.41) is 11.2. The van der Waals surface area contributed by atoms with Crippen LogP contribution in [0.2, 0.25) is 0 Å². The average Bonchev–Trinajstić information content (AvgIpc) is 3.17. The molecule has 0 bridgehead atoms. The summed E-state index contributed by atoms with van der Waals surface area (Å²) < 4.78 is 16.2. The van der Waals surface area contributed by atoms with Gasteiger partial charge in [0.1, 0.15) is 11.6 Å². The van der Waals surface area contributed by atoms with E-state index in [1.54, 1.807) is 46.0 Å². The minimum atomic E-state index is -0.298. The second-order valence-electron chi connectivity index (χ2n) is 4.99. The fraction of sp³-hybridized carbons (Fsp3) is 0.188. The van der Waals surface area contributed by atoms with Crippen molar-refractivity contribution < 1.29 is 9.18 Å². The maximum absolute atomic E-state index is 12.9. The molecule has 6 nitrogen and oxygen atoms in total. The van der Waals surface area contributed by atoms with E-state index in [9.17, 15) is 9.18 Å². The van der Waals surface area contributed by atoms with E-state index in [1.165, 1.54) is 12.1 Å². The molecule has 3 aromatic rings. The topological polar surface area (TPSA) is 64.7 Å². The van der Waals surface area contributed by atoms with Crippen LogP contribution in [-0.2, 0) is 17.8 Å². The molecular weight excluding hydrogens is 297 g/mol. The summed E-state index contributed by atoms with van der Waals surface area (Å²) in [5.74, 6) is 0.202. The molecule has 0 fully saturated rings. The van der Waals surface area contributed by atoms with Gasteiger partial charge in [-0.1, -0.05) is 0 Å². The SMILES string of the molecule is CCn1nccc1NC(=O)Cc1ccn(-c2ccc(F)cc2)n1. The number of carbonyl (C=O) groups is 1. The van der Waals surface area contributed by atoms with Gasteiger partial charge in [-0.2, -0.15) is 10.2 Å². The maximum atomic E-state index is 12.9. The monoisotopic (exact) mass is 313 g/mol. The molecule has 0 radical (unpaired) electrons. The largest absolute Gasteiger partial charge is 0.311 e. The molecule has 0 aliphatic heterocycles. The second kappa shape index (κ2) is 6.43. The van der Waals surface area contributed by atoms with Gasteiger partial charge in [0, 0.05) is 18.8 Å². The smallest absolute Gasteiger partial charge is 0.231 e. The van der Waals surface area contributed by atoms with Gasteiger partial charge in [0.05, 0.1) is 24.0 Å². The first-order chi connectivity index (χ1) is 11.2. The van der Waals surface area contributed by atoms with E-state index in [4.69, 9.17) is 0 Å². The number of amides is 1. The number of aryl methyl sites for hydroxylation is 1. The molecule has 3 rings (SSSR count). The van der Waals surface area contributed by atoms with E-state index in [-0.39, 0.29) is 18.1 Å². The number of nitrogens with zero attached hydrogens (tertiary/aromatic N) is 4. The molecule has 1 amide bonds. The quantitative estimate of drug-likeness (QED) is 0.786. The van der Waals surface area contributed by atoms with Gasteiger partial charge in [0.25, 0.3) is 0 Å². The van der Waals surface area contributed by atoms with Crippen molar-refractivity contribution in [2.45, 2.75) is 19.9 Å². The number of anilines is 1. The van der Waals surface area contributed by atoms with Crippen molar-refractivity contribution in [1.29, 1.82) is 0 Å². The standard InChI is InChI=1S/C16H16FN5O/c1-2-21-15(7-9-18-21)19-16(23)11-13-8-10-22(20-13)14-5-3-12(17)4-6-14/h3-10H,2,11H2,1H3,(H,19,23). The van der Waals surface area contributed by atoms with Crippen LogP contribution in [0.4, 0.5) is 10.2 Å². The van der Waals surface area contributed by atoms with Gasteiger partial charge >= 0.3 is 0 Å². The van der Waals surface area contributed by atoms with Crippen LogP contribution < -0.4 is 5.32 Å². The highest BCUT2D eigenvalue weighted by Gasteiger charge is 2.10. The molecule has 118 valence electrons. The van der Waals surface area contributed by atoms with E-state index in [2.05, 4.69) is 15.5 Å². The lowest BCUT2D eigenvalue weighted by atomic mass is 10.3. The van der Waals surface area contributed by atoms with Gasteiger partial charge in [0.15, 0.2) is 0 Å². The van der Waals surface area contributed by atoms with Crippen molar-refractivity contribution in [2.24, 2.45) is 0 Å². The van der Waals surface area contributed by atoms with Crippen LogP contribution in [0.5, 0.6) is 0 Å². The first kappa shape index (κ1) is 15.0. The maximum Gasteiger partial charge on any atom is 0.231 e. The fourth-order valence-corrected chi connectivity index (χ4v) is 2.24. The third-order valence-electron chi connectivity index (χ3n) is 3.36. The van der Waals surface area contributed by atoms with Crippen molar-refractivity contribution >= 4 is 11.7 Å². The van der Waals surface area contributed by atoms with Crippen LogP contribution in [0.3, 0.4) is 0 Å². The summed E-state index contributed by atoms with van der Waals surface area (Å²) in [7, 11) is 0. The number of nitrogens with one attached hydrogen (secondary N) is 1. The molecular formula is C16H16FN5O. The Bertz CT molecular complexity index is 806. The second-order valence-corrected chi connectivity index (χ2v) is 4.99. The molecule has 1 aromatic carbocycles. The van der Waals surface area contributed by atoms with E-state index in [0.717, 1.165) is 5.69 Å². The molecule has 0 saturated carbocycles. The number of aromatic nitrogens is 4. The molecule has 2 aromatic heterocycles. The predicted octanol–water partition coefficient (Wildman–Crippen LogP) is 2.41. The molecule has 0 aliphatic rings. The number of hydrogen-bond donors (Lipinski definition) is 1. The predicted molar refractivity (Wildman–Crippen MR) is 83.8 cm³/mol. The van der Waals surface area contributed by atoms with Crippen molar-refractivity contribution in [2.75, 3.05) is 5.32 Å². The third kappa shape index (κ3) is 3.45. The van der Waals surface area contributed by atoms with Crippen LogP contribution in [0.15, 0.2) is 48.8 Å². The lowest BCUT2D eigenvalue weighted by Crippen LogP contribution is -2.17. The number of benzene rings is 1. The minimum Gasteiger partial charge on any atom is -0.311 e. The molecule has 7 heteroatoms. The van der Waals surface area contributed by atoms with Gasteiger partial charge in [-0.05, 0) is 37.3 Å². The lowest BCUT2D eigenvalue weighted by molar-refractivity contribution is -0.115. The number of halogens is 1. The summed E-state index contributed by atoms with van der Waals surface area (Å²) in [5.41, 5.74) is 1.37. The summed E-state index contributed by atoms with van der Waals surface area (Å²) in [4.78, 5) is 12.1. The Morgan fingerprint density at radius 3 is 2.74 bits per heavy atom. The summed E-state index contributed by atoms with van der Waals surface area (Å²) >= 11 is 0. The Morgan fingerprint density at radius 2 is 2.00 bits per heavy atom. The zero-order valence-corrected chi connectivity index (χ0v) is 12.6. The number of hydrogen-bond acceptors (Lipinski definition) is 3. The van der Waals surface area contributed by atoms with Gasteiger partial charge in [0.2, 0.25) is 5.91 Å². The van der Waals surface area contributed by atoms with Gasteiger partial charge < -0.3 is 5.32 Å². The summed E-state index contributed by atoms with van der Waals surface area (Å²) in [6, 6.07) is 9.52. The van der Waals surface area contributed by atoms with Crippen molar-refractivity contribution in [1.82, 2.24) is 19.6 Å². The van der Waals surface area contributed by atoms with Crippen LogP contribution in [-0.4, -0.2) is 25.5 Å². The van der Waals surface area contributed by atoms with Crippen LogP contribution >= 0.6 is 0 Å². The highest BCUT2D eigenvalue weighted by Crippen LogP contribution is 2.10. The van der Waals surface area contributed by atoms with E-state index < -0.39 is 0 Å². The Labute approximate surface area is 132 Å². The van der Waals surface area contributed by atoms with Crippen molar-refractivity contribution in [3.63, 3.8) is 0 Å². The molecule has 0 saturated heterocycles. The first-order valence-corrected chi connectivity index (χ1v) is 7.28. The zero-order chi connectivity index (χ0) is 16.2. The Hall–Kier alpha value is -2.96. The molecule has 0 atom stereocenters. The highest BCUT2D eigenvalue weighted by molar-refractivity contribution is 5.91. The van der Waals surface area contributed by atoms with Gasteiger partial charge in [-0.3, -0.25) is 4.79 Å². The molecule has 2 heterocycles. The van der Waals surface area contributed by atoms with E-state index >= 15 is 0 Å². The molecule has 0 aliphatic carbocycles. The zero-order valence-electron chi connectivity index (χ0n) is 12.6. The number of rotatable bonds is 5. The molecule has 0 unspecified atom stereocenters. The third-order valence-corrected chi connectivity index (χ3v) is 3.36. The van der Waals surface area contributed by atoms with Crippen molar-refractivity contribution in [3.05, 3.63) is 60.3 Å². The van der Waals surface area contributed by atoms with Crippen molar-refractivity contribution in [3.8, 4) is 5.69 Å². The summed E-state index contributed by atoms with van der Waals surface area (Å²) in [6.07, 6.45) is 3.54. The van der Waals surface area contributed by atoms with Gasteiger partial charge in [-0.25, -0.2) is 13.8 Å². The number of carbonyl (C=O) groups excluding carboxylic acids is 1. The molecule has 0 spiro atoms. The Morgan fingerprint density at radius 1 is 1.22 bits per heavy atom. The van der Waals surface area contributed by atoms with Crippen LogP contribution in [0, 0.1) is 5.82 Å². The highest BCUT2D eigenvalue weighted by atomic mass is 19.1. The van der Waals surface area contributed by atoms with E-state index in [0.29, 0.717) is 18.1 Å². The van der Waals surface area contributed by atoms with E-state index in [1.807, 2.05) is 6.92 Å². The lowest BCUT2D eigenvalue weighted by Gasteiger charge is -2.06. The minimum absolute atomic E-state index is 0.156. The summed E-state index contributed by atoms with van der Waals surface area (Å²) in [6.45, 7) is 2.63. The first-order valence-electron chi connectivity index (χ1n) is 7.28. The Balaban J connectivity index is 1.67. The average molecular weight is 313 g/mol. The van der Waals surface area contributed by atoms with Gasteiger partial charge in [-0.15, -0.1) is 0 Å². The van der Waals surface area contributed by atoms with Crippen LogP contribution in [0.25, 0.3) is 5.69 Å².